The van der Waals surface area contributed by atoms with Crippen molar-refractivity contribution in [2.75, 3.05) is 0 Å². The number of para-hydroxylation sites is 1. The van der Waals surface area contributed by atoms with Crippen molar-refractivity contribution in [3.63, 3.8) is 0 Å². The molecule has 1 aromatic heterocycles. The molecule has 0 spiro atoms. The molecular weight excluding hydrogens is 272 g/mol. The van der Waals surface area contributed by atoms with E-state index in [1.807, 2.05) is 12.1 Å². The third kappa shape index (κ3) is 2.89. The molecule has 1 unspecified atom stereocenters. The van der Waals surface area contributed by atoms with E-state index >= 15 is 0 Å². The number of hydrogen-bond acceptors (Lipinski definition) is 4. The van der Waals surface area contributed by atoms with Crippen molar-refractivity contribution in [1.82, 2.24) is 5.32 Å². The number of thiophene rings is 1. The highest BCUT2D eigenvalue weighted by Gasteiger charge is 2.32. The number of nitro benzene ring substituents is 1. The van der Waals surface area contributed by atoms with Gasteiger partial charge in [-0.3, -0.25) is 10.1 Å². The zero-order chi connectivity index (χ0) is 13.9. The van der Waals surface area contributed by atoms with Crippen molar-refractivity contribution >= 4 is 17.0 Å². The summed E-state index contributed by atoms with van der Waals surface area (Å²) in [6.45, 7) is 0.538. The third-order valence-corrected chi connectivity index (χ3v) is 4.60. The molecule has 1 heterocycles. The molecular formula is C15H16N2O2S. The first-order chi connectivity index (χ1) is 9.75. The van der Waals surface area contributed by atoms with Crippen LogP contribution in [0.15, 0.2) is 41.8 Å². The van der Waals surface area contributed by atoms with Gasteiger partial charge in [0, 0.05) is 29.1 Å². The van der Waals surface area contributed by atoms with Crippen LogP contribution in [0.3, 0.4) is 0 Å². The van der Waals surface area contributed by atoms with Crippen LogP contribution in [0.25, 0.3) is 0 Å². The maximum atomic E-state index is 11.0. The molecule has 104 valence electrons. The summed E-state index contributed by atoms with van der Waals surface area (Å²) in [5.74, 6) is 0.677. The molecule has 0 aliphatic heterocycles. The van der Waals surface area contributed by atoms with E-state index in [1.165, 1.54) is 17.7 Å². The van der Waals surface area contributed by atoms with Crippen molar-refractivity contribution in [3.8, 4) is 0 Å². The Balaban J connectivity index is 1.73. The van der Waals surface area contributed by atoms with Crippen LogP contribution in [0, 0.1) is 16.0 Å². The van der Waals surface area contributed by atoms with Crippen molar-refractivity contribution in [1.29, 1.82) is 0 Å². The number of rotatable bonds is 6. The van der Waals surface area contributed by atoms with Gasteiger partial charge in [0.1, 0.15) is 0 Å². The van der Waals surface area contributed by atoms with Gasteiger partial charge in [-0.05, 0) is 30.2 Å². The molecule has 4 nitrogen and oxygen atoms in total. The Morgan fingerprint density at radius 3 is 2.75 bits per heavy atom. The lowest BCUT2D eigenvalue weighted by Crippen LogP contribution is -2.22. The van der Waals surface area contributed by atoms with E-state index in [4.69, 9.17) is 0 Å². The third-order valence-electron chi connectivity index (χ3n) is 3.64. The minimum Gasteiger partial charge on any atom is -0.305 e. The molecule has 1 atom stereocenters. The SMILES string of the molecule is O=[N+]([O-])c1ccccc1CNC(c1cccs1)C1CC1. The van der Waals surface area contributed by atoms with Gasteiger partial charge in [0.2, 0.25) is 0 Å². The first-order valence-electron chi connectivity index (χ1n) is 6.75. The monoisotopic (exact) mass is 288 g/mol. The molecule has 0 amide bonds. The summed E-state index contributed by atoms with van der Waals surface area (Å²) in [6, 6.07) is 11.5. The number of benzene rings is 1. The van der Waals surface area contributed by atoms with Gasteiger partial charge < -0.3 is 5.32 Å². The molecule has 1 aliphatic rings. The van der Waals surface area contributed by atoms with Gasteiger partial charge in [-0.1, -0.05) is 24.3 Å². The van der Waals surface area contributed by atoms with E-state index in [9.17, 15) is 10.1 Å². The van der Waals surface area contributed by atoms with E-state index in [1.54, 1.807) is 23.5 Å². The predicted molar refractivity (Wildman–Crippen MR) is 79.7 cm³/mol. The molecule has 1 aromatic carbocycles. The summed E-state index contributed by atoms with van der Waals surface area (Å²) in [5, 5.41) is 16.6. The number of hydrogen-bond donors (Lipinski definition) is 1. The largest absolute Gasteiger partial charge is 0.305 e. The average Bonchev–Trinajstić information content (AvgIpc) is 3.14. The lowest BCUT2D eigenvalue weighted by Gasteiger charge is -2.16. The Labute approximate surface area is 121 Å². The van der Waals surface area contributed by atoms with Gasteiger partial charge in [-0.25, -0.2) is 0 Å². The van der Waals surface area contributed by atoms with Crippen molar-refractivity contribution in [2.24, 2.45) is 5.92 Å². The summed E-state index contributed by atoms with van der Waals surface area (Å²) in [5.41, 5.74) is 0.945. The standard InChI is InChI=1S/C15H16N2O2S/c18-17(19)13-5-2-1-4-12(13)10-16-15(11-7-8-11)14-6-3-9-20-14/h1-6,9,11,15-16H,7-8,10H2. The molecule has 0 saturated heterocycles. The first-order valence-corrected chi connectivity index (χ1v) is 7.63. The van der Waals surface area contributed by atoms with Crippen LogP contribution in [0.5, 0.6) is 0 Å². The van der Waals surface area contributed by atoms with E-state index in [2.05, 4.69) is 22.8 Å². The Kier molecular flexibility index (Phi) is 3.80. The maximum absolute atomic E-state index is 11.0. The van der Waals surface area contributed by atoms with Gasteiger partial charge >= 0.3 is 0 Å². The fraction of sp³-hybridized carbons (Fsp3) is 0.333. The second kappa shape index (κ2) is 5.73. The van der Waals surface area contributed by atoms with Crippen LogP contribution >= 0.6 is 11.3 Å². The zero-order valence-corrected chi connectivity index (χ0v) is 11.8. The van der Waals surface area contributed by atoms with E-state index in [-0.39, 0.29) is 10.6 Å². The van der Waals surface area contributed by atoms with E-state index in [0.717, 1.165) is 5.56 Å². The molecule has 1 saturated carbocycles. The highest BCUT2D eigenvalue weighted by atomic mass is 32.1. The van der Waals surface area contributed by atoms with Crippen LogP contribution in [0.2, 0.25) is 0 Å². The Hall–Kier alpha value is -1.72. The van der Waals surface area contributed by atoms with Crippen LogP contribution < -0.4 is 5.32 Å². The second-order valence-electron chi connectivity index (χ2n) is 5.10. The Bertz CT molecular complexity index is 594. The van der Waals surface area contributed by atoms with Crippen LogP contribution in [0.1, 0.15) is 29.3 Å². The first kappa shape index (κ1) is 13.3. The van der Waals surface area contributed by atoms with Crippen LogP contribution in [-0.2, 0) is 6.54 Å². The minimum atomic E-state index is -0.311. The number of nitro groups is 1. The minimum absolute atomic E-state index is 0.195. The summed E-state index contributed by atoms with van der Waals surface area (Å²) in [4.78, 5) is 12.0. The van der Waals surface area contributed by atoms with E-state index in [0.29, 0.717) is 18.5 Å². The van der Waals surface area contributed by atoms with Gasteiger partial charge in [0.05, 0.1) is 4.92 Å². The number of nitrogens with one attached hydrogen (secondary N) is 1. The number of nitrogens with zero attached hydrogens (tertiary/aromatic N) is 1. The predicted octanol–water partition coefficient (Wildman–Crippen LogP) is 3.90. The molecule has 5 heteroatoms. The van der Waals surface area contributed by atoms with Crippen molar-refractivity contribution in [3.05, 3.63) is 62.3 Å². The molecule has 0 bridgehead atoms. The summed E-state index contributed by atoms with van der Waals surface area (Å²) >= 11 is 1.75. The van der Waals surface area contributed by atoms with Gasteiger partial charge in [-0.15, -0.1) is 11.3 Å². The van der Waals surface area contributed by atoms with E-state index < -0.39 is 0 Å². The molecule has 3 rings (SSSR count). The van der Waals surface area contributed by atoms with Gasteiger partial charge in [-0.2, -0.15) is 0 Å². The maximum Gasteiger partial charge on any atom is 0.273 e. The van der Waals surface area contributed by atoms with Crippen LogP contribution in [0.4, 0.5) is 5.69 Å². The smallest absolute Gasteiger partial charge is 0.273 e. The van der Waals surface area contributed by atoms with Crippen molar-refractivity contribution < 1.29 is 4.92 Å². The Morgan fingerprint density at radius 1 is 1.30 bits per heavy atom. The highest BCUT2D eigenvalue weighted by Crippen LogP contribution is 2.42. The topological polar surface area (TPSA) is 55.2 Å². The average molecular weight is 288 g/mol. The molecule has 20 heavy (non-hydrogen) atoms. The molecule has 0 radical (unpaired) electrons. The molecule has 2 aromatic rings. The van der Waals surface area contributed by atoms with Gasteiger partial charge in [0.25, 0.3) is 5.69 Å². The normalized spacial score (nSPS) is 16.0. The zero-order valence-electron chi connectivity index (χ0n) is 11.0. The van der Waals surface area contributed by atoms with Gasteiger partial charge in [0.15, 0.2) is 0 Å². The fourth-order valence-corrected chi connectivity index (χ4v) is 3.35. The fourth-order valence-electron chi connectivity index (χ4n) is 2.46. The van der Waals surface area contributed by atoms with Crippen LogP contribution in [-0.4, -0.2) is 4.92 Å². The molecule has 1 N–H and O–H groups in total. The second-order valence-corrected chi connectivity index (χ2v) is 6.08. The summed E-state index contributed by atoms with van der Waals surface area (Å²) in [7, 11) is 0. The summed E-state index contributed by atoms with van der Waals surface area (Å²) < 4.78 is 0. The Morgan fingerprint density at radius 2 is 2.10 bits per heavy atom. The highest BCUT2D eigenvalue weighted by molar-refractivity contribution is 7.10. The van der Waals surface area contributed by atoms with Crippen molar-refractivity contribution in [2.45, 2.75) is 25.4 Å². The molecule has 1 aliphatic carbocycles. The summed E-state index contributed by atoms with van der Waals surface area (Å²) in [6.07, 6.45) is 2.49. The lowest BCUT2D eigenvalue weighted by molar-refractivity contribution is -0.385. The quantitative estimate of drug-likeness (QED) is 0.648. The lowest BCUT2D eigenvalue weighted by atomic mass is 10.1. The molecule has 1 fully saturated rings.